The van der Waals surface area contributed by atoms with Crippen molar-refractivity contribution in [2.24, 2.45) is 0 Å². The van der Waals surface area contributed by atoms with E-state index in [0.29, 0.717) is 6.61 Å². The molecule has 4 heteroatoms. The summed E-state index contributed by atoms with van der Waals surface area (Å²) in [6.07, 6.45) is 2.35. The van der Waals surface area contributed by atoms with Gasteiger partial charge in [-0.15, -0.1) is 11.8 Å². The molecule has 1 heterocycles. The number of nitrogens with zero attached hydrogens (tertiary/aromatic N) is 1. The van der Waals surface area contributed by atoms with Crippen molar-refractivity contribution in [1.29, 1.82) is 0 Å². The van der Waals surface area contributed by atoms with Gasteiger partial charge < -0.3 is 9.30 Å². The number of aryl methyl sites for hydroxylation is 1. The van der Waals surface area contributed by atoms with Gasteiger partial charge in [-0.3, -0.25) is 4.79 Å². The Morgan fingerprint density at radius 3 is 2.24 bits per heavy atom. The average Bonchev–Trinajstić information content (AvgIpc) is 3.19. The number of carbonyl (C=O) groups excluding carboxylic acids is 1. The molecule has 0 spiro atoms. The molecule has 0 saturated carbocycles. The van der Waals surface area contributed by atoms with Gasteiger partial charge in [0, 0.05) is 27.7 Å². The lowest BCUT2D eigenvalue weighted by molar-refractivity contribution is -0.144. The van der Waals surface area contributed by atoms with Crippen molar-refractivity contribution in [3.8, 4) is 0 Å². The standard InChI is InChI=1S/C30H27NO2S/c1-21-17-24(18-27(32)33-20-23-13-7-4-8-14-23)30(34-2)29-28(21)25-15-9-10-16-26(25)31(29)19-22-11-5-3-6-12-22/h3-17H,18-20H2,1-2H3. The van der Waals surface area contributed by atoms with E-state index in [0.717, 1.165) is 22.6 Å². The molecule has 1 aromatic heterocycles. The Labute approximate surface area is 204 Å². The summed E-state index contributed by atoms with van der Waals surface area (Å²) < 4.78 is 8.01. The minimum atomic E-state index is -0.205. The number of rotatable bonds is 7. The van der Waals surface area contributed by atoms with Crippen LogP contribution in [0.15, 0.2) is 95.9 Å². The highest BCUT2D eigenvalue weighted by molar-refractivity contribution is 7.98. The monoisotopic (exact) mass is 465 g/mol. The molecule has 170 valence electrons. The number of fused-ring (bicyclic) bond motifs is 3. The van der Waals surface area contributed by atoms with E-state index in [4.69, 9.17) is 4.74 Å². The number of thioether (sulfide) groups is 1. The number of benzene rings is 4. The predicted molar refractivity (Wildman–Crippen MR) is 141 cm³/mol. The highest BCUT2D eigenvalue weighted by atomic mass is 32.2. The minimum absolute atomic E-state index is 0.205. The van der Waals surface area contributed by atoms with Crippen LogP contribution in [0.25, 0.3) is 21.8 Å². The molecular formula is C30H27NO2S. The number of para-hydroxylation sites is 1. The number of hydrogen-bond donors (Lipinski definition) is 0. The zero-order valence-electron chi connectivity index (χ0n) is 19.5. The first-order valence-electron chi connectivity index (χ1n) is 11.5. The Balaban J connectivity index is 1.58. The van der Waals surface area contributed by atoms with Gasteiger partial charge in [-0.05, 0) is 41.5 Å². The van der Waals surface area contributed by atoms with Crippen LogP contribution in [0.2, 0.25) is 0 Å². The molecule has 0 fully saturated rings. The summed E-state index contributed by atoms with van der Waals surface area (Å²) in [5.41, 5.74) is 6.86. The molecule has 5 rings (SSSR count). The molecule has 0 atom stereocenters. The third-order valence-electron chi connectivity index (χ3n) is 6.23. The Kier molecular flexibility index (Phi) is 6.41. The Hall–Kier alpha value is -3.50. The van der Waals surface area contributed by atoms with Gasteiger partial charge in [-0.1, -0.05) is 84.9 Å². The normalized spacial score (nSPS) is 11.2. The van der Waals surface area contributed by atoms with Crippen molar-refractivity contribution in [3.05, 3.63) is 113 Å². The van der Waals surface area contributed by atoms with Gasteiger partial charge >= 0.3 is 5.97 Å². The quantitative estimate of drug-likeness (QED) is 0.189. The molecule has 4 aromatic carbocycles. The van der Waals surface area contributed by atoms with Crippen LogP contribution in [-0.4, -0.2) is 16.8 Å². The van der Waals surface area contributed by atoms with E-state index in [-0.39, 0.29) is 12.4 Å². The Bertz CT molecular complexity index is 1460. The topological polar surface area (TPSA) is 31.2 Å². The Morgan fingerprint density at radius 1 is 0.882 bits per heavy atom. The third-order valence-corrected chi connectivity index (χ3v) is 7.09. The Morgan fingerprint density at radius 2 is 1.53 bits per heavy atom. The largest absolute Gasteiger partial charge is 0.461 e. The molecule has 0 unspecified atom stereocenters. The second-order valence-corrected chi connectivity index (χ2v) is 9.34. The van der Waals surface area contributed by atoms with Crippen LogP contribution in [0, 0.1) is 6.92 Å². The maximum atomic E-state index is 12.8. The molecule has 3 nitrogen and oxygen atoms in total. The van der Waals surface area contributed by atoms with Crippen molar-refractivity contribution in [2.75, 3.05) is 6.26 Å². The predicted octanol–water partition coefficient (Wildman–Crippen LogP) is 7.16. The number of carbonyl (C=O) groups is 1. The van der Waals surface area contributed by atoms with E-state index in [1.807, 2.05) is 36.4 Å². The van der Waals surface area contributed by atoms with Crippen LogP contribution < -0.4 is 0 Å². The van der Waals surface area contributed by atoms with Crippen molar-refractivity contribution in [2.45, 2.75) is 31.4 Å². The van der Waals surface area contributed by atoms with E-state index in [1.165, 1.54) is 32.9 Å². The van der Waals surface area contributed by atoms with E-state index in [2.05, 4.69) is 72.3 Å². The second kappa shape index (κ2) is 9.78. The van der Waals surface area contributed by atoms with Crippen LogP contribution in [0.4, 0.5) is 0 Å². The van der Waals surface area contributed by atoms with Crippen molar-refractivity contribution >= 4 is 39.5 Å². The van der Waals surface area contributed by atoms with Crippen molar-refractivity contribution < 1.29 is 9.53 Å². The zero-order chi connectivity index (χ0) is 23.5. The van der Waals surface area contributed by atoms with Gasteiger partial charge in [0.1, 0.15) is 6.61 Å². The average molecular weight is 466 g/mol. The van der Waals surface area contributed by atoms with E-state index in [1.54, 1.807) is 11.8 Å². The summed E-state index contributed by atoms with van der Waals surface area (Å²) >= 11 is 1.70. The molecule has 0 bridgehead atoms. The lowest BCUT2D eigenvalue weighted by Crippen LogP contribution is -2.10. The van der Waals surface area contributed by atoms with Crippen LogP contribution in [0.3, 0.4) is 0 Å². The van der Waals surface area contributed by atoms with Gasteiger partial charge in [0.15, 0.2) is 0 Å². The van der Waals surface area contributed by atoms with Crippen molar-refractivity contribution in [1.82, 2.24) is 4.57 Å². The fraction of sp³-hybridized carbons (Fsp3) is 0.167. The van der Waals surface area contributed by atoms with E-state index >= 15 is 0 Å². The van der Waals surface area contributed by atoms with Gasteiger partial charge in [0.25, 0.3) is 0 Å². The fourth-order valence-electron chi connectivity index (χ4n) is 4.72. The number of hydrogen-bond acceptors (Lipinski definition) is 3. The molecule has 0 saturated heterocycles. The van der Waals surface area contributed by atoms with Crippen LogP contribution in [0.5, 0.6) is 0 Å². The number of esters is 1. The van der Waals surface area contributed by atoms with Gasteiger partial charge in [0.05, 0.1) is 11.9 Å². The summed E-state index contributed by atoms with van der Waals surface area (Å²) in [6.45, 7) is 3.22. The lowest BCUT2D eigenvalue weighted by Gasteiger charge is -2.15. The number of aromatic nitrogens is 1. The maximum Gasteiger partial charge on any atom is 0.310 e. The first-order valence-corrected chi connectivity index (χ1v) is 12.7. The lowest BCUT2D eigenvalue weighted by atomic mass is 10.0. The first-order chi connectivity index (χ1) is 16.7. The van der Waals surface area contributed by atoms with Crippen LogP contribution >= 0.6 is 11.8 Å². The summed E-state index contributed by atoms with van der Waals surface area (Å²) in [4.78, 5) is 14.0. The summed E-state index contributed by atoms with van der Waals surface area (Å²) in [6, 6.07) is 31.1. The molecule has 0 aliphatic carbocycles. The SMILES string of the molecule is CSc1c(CC(=O)OCc2ccccc2)cc(C)c2c3ccccc3n(Cc3ccccc3)c12. The van der Waals surface area contributed by atoms with Gasteiger partial charge in [-0.2, -0.15) is 0 Å². The molecule has 0 radical (unpaired) electrons. The summed E-state index contributed by atoms with van der Waals surface area (Å²) in [5.74, 6) is -0.205. The molecule has 5 aromatic rings. The molecule has 0 N–H and O–H groups in total. The van der Waals surface area contributed by atoms with E-state index < -0.39 is 0 Å². The van der Waals surface area contributed by atoms with Gasteiger partial charge in [-0.25, -0.2) is 0 Å². The second-order valence-electron chi connectivity index (χ2n) is 8.52. The van der Waals surface area contributed by atoms with Gasteiger partial charge in [0.2, 0.25) is 0 Å². The molecule has 0 aliphatic heterocycles. The molecular weight excluding hydrogens is 438 g/mol. The van der Waals surface area contributed by atoms with Crippen molar-refractivity contribution in [3.63, 3.8) is 0 Å². The fourth-order valence-corrected chi connectivity index (χ4v) is 5.52. The summed E-state index contributed by atoms with van der Waals surface area (Å²) in [5, 5.41) is 2.51. The highest BCUT2D eigenvalue weighted by Gasteiger charge is 2.20. The zero-order valence-corrected chi connectivity index (χ0v) is 20.3. The maximum absolute atomic E-state index is 12.8. The molecule has 34 heavy (non-hydrogen) atoms. The first kappa shape index (κ1) is 22.3. The van der Waals surface area contributed by atoms with Crippen LogP contribution in [0.1, 0.15) is 22.3 Å². The minimum Gasteiger partial charge on any atom is -0.461 e. The third kappa shape index (κ3) is 4.34. The molecule has 0 amide bonds. The highest BCUT2D eigenvalue weighted by Crippen LogP contribution is 2.39. The van der Waals surface area contributed by atoms with E-state index in [9.17, 15) is 4.79 Å². The van der Waals surface area contributed by atoms with Crippen LogP contribution in [-0.2, 0) is 29.1 Å². The molecule has 0 aliphatic rings. The smallest absolute Gasteiger partial charge is 0.310 e. The summed E-state index contributed by atoms with van der Waals surface area (Å²) in [7, 11) is 0. The number of ether oxygens (including phenoxy) is 1.